The van der Waals surface area contributed by atoms with Crippen molar-refractivity contribution in [2.24, 2.45) is 0 Å². The van der Waals surface area contributed by atoms with E-state index in [2.05, 4.69) is 4.57 Å². The second-order valence-corrected chi connectivity index (χ2v) is 7.26. The van der Waals surface area contributed by atoms with E-state index >= 15 is 0 Å². The van der Waals surface area contributed by atoms with E-state index in [4.69, 9.17) is 4.74 Å². The van der Waals surface area contributed by atoms with Gasteiger partial charge >= 0.3 is 12.1 Å². The number of benzene rings is 2. The van der Waals surface area contributed by atoms with Crippen LogP contribution in [0, 0.1) is 13.8 Å². The second kappa shape index (κ2) is 9.73. The van der Waals surface area contributed by atoms with Gasteiger partial charge in [0.05, 0.1) is 12.2 Å². The van der Waals surface area contributed by atoms with Crippen molar-refractivity contribution in [2.45, 2.75) is 26.9 Å². The summed E-state index contributed by atoms with van der Waals surface area (Å²) in [5, 5.41) is 0. The second-order valence-electron chi connectivity index (χ2n) is 7.26. The molecule has 0 bridgehead atoms. The highest BCUT2D eigenvalue weighted by atomic mass is 19.4. The van der Waals surface area contributed by atoms with Gasteiger partial charge in [-0.1, -0.05) is 36.4 Å². The molecule has 2 aromatic carbocycles. The predicted octanol–water partition coefficient (Wildman–Crippen LogP) is 6.66. The smallest absolute Gasteiger partial charge is 0.416 e. The fourth-order valence-electron chi connectivity index (χ4n) is 3.48. The molecule has 3 aromatic rings. The van der Waals surface area contributed by atoms with Gasteiger partial charge in [0, 0.05) is 23.2 Å². The maximum Gasteiger partial charge on any atom is 0.416 e. The number of aromatic nitrogens is 1. The maximum atomic E-state index is 13.0. The summed E-state index contributed by atoms with van der Waals surface area (Å²) in [7, 11) is 0. The third-order valence-corrected chi connectivity index (χ3v) is 5.01. The molecule has 3 nitrogen and oxygen atoms in total. The van der Waals surface area contributed by atoms with Gasteiger partial charge in [0.15, 0.2) is 0 Å². The summed E-state index contributed by atoms with van der Waals surface area (Å²) in [6, 6.07) is 16.8. The number of alkyl halides is 3. The zero-order chi connectivity index (χ0) is 23.3. The number of esters is 1. The molecule has 6 heteroatoms. The van der Waals surface area contributed by atoms with Crippen molar-refractivity contribution < 1.29 is 22.7 Å². The van der Waals surface area contributed by atoms with Gasteiger partial charge in [0.1, 0.15) is 0 Å². The van der Waals surface area contributed by atoms with Gasteiger partial charge in [-0.05, 0) is 73.9 Å². The molecule has 1 heterocycles. The number of nitrogens with zero attached hydrogens (tertiary/aromatic N) is 1. The molecule has 0 aliphatic rings. The first-order chi connectivity index (χ1) is 15.2. The summed E-state index contributed by atoms with van der Waals surface area (Å²) in [4.78, 5) is 11.6. The van der Waals surface area contributed by atoms with Crippen molar-refractivity contribution in [1.82, 2.24) is 4.57 Å². The molecular weight excluding hydrogens is 415 g/mol. The fourth-order valence-corrected chi connectivity index (χ4v) is 3.48. The highest BCUT2D eigenvalue weighted by Crippen LogP contribution is 2.32. The van der Waals surface area contributed by atoms with E-state index < -0.39 is 17.7 Å². The zero-order valence-corrected chi connectivity index (χ0v) is 18.1. The topological polar surface area (TPSA) is 31.2 Å². The van der Waals surface area contributed by atoms with E-state index in [9.17, 15) is 18.0 Å². The molecule has 0 saturated carbocycles. The largest absolute Gasteiger partial charge is 0.463 e. The van der Waals surface area contributed by atoms with Crippen molar-refractivity contribution in [3.8, 4) is 5.69 Å². The van der Waals surface area contributed by atoms with Crippen LogP contribution in [0.25, 0.3) is 11.3 Å². The number of carbonyl (C=O) groups excluding carboxylic acids is 1. The molecule has 0 aliphatic carbocycles. The van der Waals surface area contributed by atoms with Crippen LogP contribution in [0.2, 0.25) is 0 Å². The minimum Gasteiger partial charge on any atom is -0.463 e. The number of hydrogen-bond acceptors (Lipinski definition) is 2. The summed E-state index contributed by atoms with van der Waals surface area (Å²) in [5.74, 6) is -0.482. The Morgan fingerprint density at radius 3 is 1.94 bits per heavy atom. The Labute approximate surface area is 185 Å². The lowest BCUT2D eigenvalue weighted by Gasteiger charge is -2.13. The first kappa shape index (κ1) is 23.1. The summed E-state index contributed by atoms with van der Waals surface area (Å²) in [6.45, 7) is 6.02. The van der Waals surface area contributed by atoms with Crippen molar-refractivity contribution in [3.05, 3.63) is 107 Å². The van der Waals surface area contributed by atoms with Crippen LogP contribution >= 0.6 is 0 Å². The maximum absolute atomic E-state index is 13.0. The van der Waals surface area contributed by atoms with E-state index in [0.29, 0.717) is 11.1 Å². The molecule has 0 unspecified atom stereocenters. The van der Waals surface area contributed by atoms with Crippen molar-refractivity contribution >= 4 is 11.5 Å². The number of ether oxygens (including phenoxy) is 1. The third-order valence-electron chi connectivity index (χ3n) is 5.01. The van der Waals surface area contributed by atoms with Crippen LogP contribution in [0.4, 0.5) is 13.2 Å². The molecule has 32 heavy (non-hydrogen) atoms. The average Bonchev–Trinajstić information content (AvgIpc) is 3.09. The molecule has 1 aromatic heterocycles. The number of halogens is 3. The highest BCUT2D eigenvalue weighted by molar-refractivity contribution is 5.85. The van der Waals surface area contributed by atoms with Crippen LogP contribution in [0.5, 0.6) is 0 Å². The molecule has 0 spiro atoms. The number of aryl methyl sites for hydroxylation is 2. The number of hydrogen-bond donors (Lipinski definition) is 0. The van der Waals surface area contributed by atoms with Crippen LogP contribution in [0.1, 0.15) is 35.0 Å². The minimum absolute atomic E-state index is 0.262. The standard InChI is InChI=1S/C26H24F3NO2/c1-4-32-25(31)7-5-6-24(20-10-14-22(15-11-20)26(27,28)29)21-12-16-23(17-13-21)30-18(2)8-9-19(30)3/h5-17H,4H2,1-3H3/b7-5+,24-6-. The molecule has 0 amide bonds. The summed E-state index contributed by atoms with van der Waals surface area (Å²) in [6.07, 6.45) is 0.120. The van der Waals surface area contributed by atoms with Gasteiger partial charge in [-0.25, -0.2) is 4.79 Å². The van der Waals surface area contributed by atoms with E-state index in [1.54, 1.807) is 19.1 Å². The fraction of sp³-hybridized carbons (Fsp3) is 0.192. The molecule has 0 N–H and O–H groups in total. The molecule has 0 aliphatic heterocycles. The molecule has 166 valence electrons. The average molecular weight is 439 g/mol. The van der Waals surface area contributed by atoms with Crippen LogP contribution in [-0.4, -0.2) is 17.1 Å². The van der Waals surface area contributed by atoms with Crippen molar-refractivity contribution in [2.75, 3.05) is 6.61 Å². The SMILES string of the molecule is CCOC(=O)/C=C/C=C(\c1ccc(-n2c(C)ccc2C)cc1)c1ccc(C(F)(F)F)cc1. The van der Waals surface area contributed by atoms with Gasteiger partial charge in [0.2, 0.25) is 0 Å². The Kier molecular flexibility index (Phi) is 7.03. The Morgan fingerprint density at radius 1 is 0.906 bits per heavy atom. The van der Waals surface area contributed by atoms with E-state index in [1.165, 1.54) is 18.2 Å². The predicted molar refractivity (Wildman–Crippen MR) is 120 cm³/mol. The molecular formula is C26H24F3NO2. The lowest BCUT2D eigenvalue weighted by molar-refractivity contribution is -0.138. The van der Waals surface area contributed by atoms with Gasteiger partial charge in [-0.2, -0.15) is 13.2 Å². The first-order valence-electron chi connectivity index (χ1n) is 10.2. The van der Waals surface area contributed by atoms with Crippen LogP contribution in [0.15, 0.2) is 78.9 Å². The summed E-state index contributed by atoms with van der Waals surface area (Å²) >= 11 is 0. The third kappa shape index (κ3) is 5.38. The van der Waals surface area contributed by atoms with E-state index in [0.717, 1.165) is 34.8 Å². The highest BCUT2D eigenvalue weighted by Gasteiger charge is 2.30. The molecule has 0 fully saturated rings. The summed E-state index contributed by atoms with van der Waals surface area (Å²) in [5.41, 5.74) is 4.58. The molecule has 0 saturated heterocycles. The minimum atomic E-state index is -4.40. The molecule has 0 atom stereocenters. The van der Waals surface area contributed by atoms with Gasteiger partial charge in [-0.3, -0.25) is 0 Å². The normalized spacial score (nSPS) is 12.4. The Morgan fingerprint density at radius 2 is 1.44 bits per heavy atom. The van der Waals surface area contributed by atoms with Gasteiger partial charge < -0.3 is 9.30 Å². The summed E-state index contributed by atoms with van der Waals surface area (Å²) < 4.78 is 45.9. The quantitative estimate of drug-likeness (QED) is 0.244. The van der Waals surface area contributed by atoms with Crippen LogP contribution in [-0.2, 0) is 15.7 Å². The Balaban J connectivity index is 1.99. The number of allylic oxidation sites excluding steroid dienone is 2. The van der Waals surface area contributed by atoms with Crippen molar-refractivity contribution in [1.29, 1.82) is 0 Å². The Hall–Kier alpha value is -3.54. The van der Waals surface area contributed by atoms with Crippen LogP contribution in [0.3, 0.4) is 0 Å². The van der Waals surface area contributed by atoms with Gasteiger partial charge in [-0.15, -0.1) is 0 Å². The van der Waals surface area contributed by atoms with E-state index in [1.807, 2.05) is 50.2 Å². The lowest BCUT2D eigenvalue weighted by Crippen LogP contribution is -2.04. The van der Waals surface area contributed by atoms with Crippen molar-refractivity contribution in [3.63, 3.8) is 0 Å². The number of rotatable bonds is 6. The Bertz CT molecular complexity index is 1120. The number of carbonyl (C=O) groups is 1. The van der Waals surface area contributed by atoms with E-state index in [-0.39, 0.29) is 6.61 Å². The zero-order valence-electron chi connectivity index (χ0n) is 18.1. The first-order valence-corrected chi connectivity index (χ1v) is 10.2. The monoisotopic (exact) mass is 439 g/mol. The van der Waals surface area contributed by atoms with Crippen LogP contribution < -0.4 is 0 Å². The lowest BCUT2D eigenvalue weighted by atomic mass is 9.96. The molecule has 3 rings (SSSR count). The van der Waals surface area contributed by atoms with Gasteiger partial charge in [0.25, 0.3) is 0 Å². The molecule has 0 radical (unpaired) electrons.